The predicted octanol–water partition coefficient (Wildman–Crippen LogP) is 1.47. The highest BCUT2D eigenvalue weighted by Crippen LogP contribution is 2.41. The van der Waals surface area contributed by atoms with Gasteiger partial charge in [0.05, 0.1) is 0 Å². The molecule has 76 valence electrons. The average molecular weight is 182 g/mol. The molecule has 2 atom stereocenters. The quantitative estimate of drug-likeness (QED) is 0.660. The van der Waals surface area contributed by atoms with Crippen molar-refractivity contribution in [1.82, 2.24) is 10.2 Å². The summed E-state index contributed by atoms with van der Waals surface area (Å²) in [5, 5.41) is 3.54. The summed E-state index contributed by atoms with van der Waals surface area (Å²) in [6.07, 6.45) is 5.56. The van der Waals surface area contributed by atoms with Gasteiger partial charge < -0.3 is 10.2 Å². The van der Waals surface area contributed by atoms with E-state index in [0.717, 1.165) is 6.04 Å². The van der Waals surface area contributed by atoms with Crippen LogP contribution in [0.1, 0.15) is 32.6 Å². The van der Waals surface area contributed by atoms with Crippen molar-refractivity contribution < 1.29 is 0 Å². The maximum Gasteiger partial charge on any atom is 0.0159 e. The summed E-state index contributed by atoms with van der Waals surface area (Å²) in [4.78, 5) is 2.58. The number of hydrogen-bond donors (Lipinski definition) is 1. The van der Waals surface area contributed by atoms with E-state index in [9.17, 15) is 0 Å². The average Bonchev–Trinajstić information content (AvgIpc) is 2.54. The zero-order chi connectivity index (χ0) is 9.31. The maximum absolute atomic E-state index is 3.54. The molecule has 0 aromatic heterocycles. The molecule has 0 amide bonds. The van der Waals surface area contributed by atoms with Crippen molar-refractivity contribution >= 4 is 0 Å². The van der Waals surface area contributed by atoms with Gasteiger partial charge in [-0.1, -0.05) is 6.92 Å². The van der Waals surface area contributed by atoms with Crippen LogP contribution in [0.5, 0.6) is 0 Å². The molecule has 0 aromatic carbocycles. The van der Waals surface area contributed by atoms with E-state index in [1.54, 1.807) is 0 Å². The van der Waals surface area contributed by atoms with Crippen LogP contribution >= 0.6 is 0 Å². The first-order valence-electron chi connectivity index (χ1n) is 5.69. The fourth-order valence-electron chi connectivity index (χ4n) is 3.48. The molecule has 1 N–H and O–H groups in total. The molecule has 0 aromatic rings. The lowest BCUT2D eigenvalue weighted by molar-refractivity contribution is 0.0425. The smallest absolute Gasteiger partial charge is 0.0159 e. The Hall–Kier alpha value is -0.0800. The Labute approximate surface area is 81.7 Å². The first-order valence-corrected chi connectivity index (χ1v) is 5.69. The molecule has 2 unspecified atom stereocenters. The van der Waals surface area contributed by atoms with Crippen LogP contribution in [0, 0.1) is 5.41 Å². The lowest BCUT2D eigenvalue weighted by atomic mass is 9.71. The standard InChI is InChI=1S/C11H22N2/c1-3-10-11(6-7-12-9-11)5-4-8-13(10)2/h10,12H,3-9H2,1-2H3. The van der Waals surface area contributed by atoms with Crippen LogP contribution in [0.4, 0.5) is 0 Å². The molecule has 2 heteroatoms. The topological polar surface area (TPSA) is 15.3 Å². The van der Waals surface area contributed by atoms with E-state index >= 15 is 0 Å². The fourth-order valence-corrected chi connectivity index (χ4v) is 3.48. The number of nitrogens with one attached hydrogen (secondary N) is 1. The minimum absolute atomic E-state index is 0.627. The summed E-state index contributed by atoms with van der Waals surface area (Å²) in [7, 11) is 2.30. The number of rotatable bonds is 1. The van der Waals surface area contributed by atoms with Gasteiger partial charge in [-0.2, -0.15) is 0 Å². The highest BCUT2D eigenvalue weighted by Gasteiger charge is 2.43. The monoisotopic (exact) mass is 182 g/mol. The summed E-state index contributed by atoms with van der Waals surface area (Å²) in [6, 6.07) is 0.830. The lowest BCUT2D eigenvalue weighted by Crippen LogP contribution is -2.51. The second kappa shape index (κ2) is 3.58. The molecule has 2 fully saturated rings. The van der Waals surface area contributed by atoms with Gasteiger partial charge in [-0.25, -0.2) is 0 Å². The third-order valence-electron chi connectivity index (χ3n) is 4.09. The van der Waals surface area contributed by atoms with Crippen molar-refractivity contribution in [3.8, 4) is 0 Å². The lowest BCUT2D eigenvalue weighted by Gasteiger charge is -2.46. The van der Waals surface area contributed by atoms with E-state index in [1.807, 2.05) is 0 Å². The van der Waals surface area contributed by atoms with E-state index in [0.29, 0.717) is 5.41 Å². The largest absolute Gasteiger partial charge is 0.316 e. The van der Waals surface area contributed by atoms with Crippen LogP contribution in [0.3, 0.4) is 0 Å². The number of piperidine rings is 1. The first-order chi connectivity index (χ1) is 6.28. The predicted molar refractivity (Wildman–Crippen MR) is 55.9 cm³/mol. The number of nitrogens with zero attached hydrogens (tertiary/aromatic N) is 1. The van der Waals surface area contributed by atoms with E-state index in [4.69, 9.17) is 0 Å². The molecule has 2 aliphatic rings. The summed E-state index contributed by atoms with van der Waals surface area (Å²) in [5.74, 6) is 0. The Kier molecular flexibility index (Phi) is 2.61. The van der Waals surface area contributed by atoms with E-state index in [1.165, 1.54) is 45.3 Å². The zero-order valence-electron chi connectivity index (χ0n) is 8.97. The third-order valence-corrected chi connectivity index (χ3v) is 4.09. The minimum Gasteiger partial charge on any atom is -0.316 e. The Morgan fingerprint density at radius 1 is 1.46 bits per heavy atom. The van der Waals surface area contributed by atoms with Gasteiger partial charge in [-0.15, -0.1) is 0 Å². The number of likely N-dealkylation sites (tertiary alicyclic amines) is 1. The molecule has 2 rings (SSSR count). The van der Waals surface area contributed by atoms with Crippen LogP contribution in [-0.2, 0) is 0 Å². The SMILES string of the molecule is CCC1N(C)CCCC12CCNC2. The Balaban J connectivity index is 2.14. The van der Waals surface area contributed by atoms with E-state index in [-0.39, 0.29) is 0 Å². The molecule has 0 bridgehead atoms. The van der Waals surface area contributed by atoms with Gasteiger partial charge in [0.1, 0.15) is 0 Å². The molecule has 2 aliphatic heterocycles. The van der Waals surface area contributed by atoms with Gasteiger partial charge in [0.25, 0.3) is 0 Å². The summed E-state index contributed by atoms with van der Waals surface area (Å²) in [6.45, 7) is 6.15. The Morgan fingerprint density at radius 2 is 2.31 bits per heavy atom. The maximum atomic E-state index is 3.54. The van der Waals surface area contributed by atoms with Crippen molar-refractivity contribution in [3.05, 3.63) is 0 Å². The van der Waals surface area contributed by atoms with Gasteiger partial charge in [-0.3, -0.25) is 0 Å². The second-order valence-corrected chi connectivity index (χ2v) is 4.80. The third kappa shape index (κ3) is 1.50. The highest BCUT2D eigenvalue weighted by molar-refractivity contribution is 4.99. The van der Waals surface area contributed by atoms with Crippen LogP contribution in [-0.4, -0.2) is 37.6 Å². The van der Waals surface area contributed by atoms with Crippen molar-refractivity contribution in [1.29, 1.82) is 0 Å². The van der Waals surface area contributed by atoms with Crippen molar-refractivity contribution in [2.45, 2.75) is 38.6 Å². The van der Waals surface area contributed by atoms with Crippen LogP contribution in [0.25, 0.3) is 0 Å². The molecular weight excluding hydrogens is 160 g/mol. The zero-order valence-corrected chi connectivity index (χ0v) is 8.97. The van der Waals surface area contributed by atoms with Crippen molar-refractivity contribution in [3.63, 3.8) is 0 Å². The van der Waals surface area contributed by atoms with E-state index in [2.05, 4.69) is 24.2 Å². The summed E-state index contributed by atoms with van der Waals surface area (Å²) in [5.41, 5.74) is 0.627. The normalized spacial score (nSPS) is 41.5. The van der Waals surface area contributed by atoms with Crippen LogP contribution < -0.4 is 5.32 Å². The second-order valence-electron chi connectivity index (χ2n) is 4.80. The summed E-state index contributed by atoms with van der Waals surface area (Å²) >= 11 is 0. The molecule has 0 saturated carbocycles. The molecule has 0 radical (unpaired) electrons. The van der Waals surface area contributed by atoms with Crippen molar-refractivity contribution in [2.75, 3.05) is 26.7 Å². The van der Waals surface area contributed by atoms with Gasteiger partial charge in [-0.05, 0) is 51.2 Å². The highest BCUT2D eigenvalue weighted by atomic mass is 15.2. The van der Waals surface area contributed by atoms with Gasteiger partial charge in [0.2, 0.25) is 0 Å². The molecule has 13 heavy (non-hydrogen) atoms. The van der Waals surface area contributed by atoms with Crippen LogP contribution in [0.15, 0.2) is 0 Å². The Bertz CT molecular complexity index is 173. The van der Waals surface area contributed by atoms with Gasteiger partial charge in [0.15, 0.2) is 0 Å². The molecule has 1 spiro atoms. The fraction of sp³-hybridized carbons (Fsp3) is 1.00. The Morgan fingerprint density at radius 3 is 2.92 bits per heavy atom. The first kappa shape index (κ1) is 9.47. The van der Waals surface area contributed by atoms with Crippen LogP contribution in [0.2, 0.25) is 0 Å². The number of hydrogen-bond acceptors (Lipinski definition) is 2. The van der Waals surface area contributed by atoms with Crippen molar-refractivity contribution in [2.24, 2.45) is 5.41 Å². The molecule has 2 saturated heterocycles. The van der Waals surface area contributed by atoms with E-state index < -0.39 is 0 Å². The summed E-state index contributed by atoms with van der Waals surface area (Å²) < 4.78 is 0. The van der Waals surface area contributed by atoms with Gasteiger partial charge >= 0.3 is 0 Å². The molecule has 2 heterocycles. The van der Waals surface area contributed by atoms with Gasteiger partial charge in [0, 0.05) is 12.6 Å². The molecule has 2 nitrogen and oxygen atoms in total. The molecular formula is C11H22N2. The molecule has 0 aliphatic carbocycles. The minimum atomic E-state index is 0.627.